The Kier molecular flexibility index (Phi) is 5.15. The highest BCUT2D eigenvalue weighted by Gasteiger charge is 2.10. The second-order valence-electron chi connectivity index (χ2n) is 5.78. The second kappa shape index (κ2) is 7.07. The van der Waals surface area contributed by atoms with Gasteiger partial charge in [0.15, 0.2) is 0 Å². The molecule has 1 amide bonds. The van der Waals surface area contributed by atoms with Crippen LogP contribution in [-0.4, -0.2) is 11.9 Å². The lowest BCUT2D eigenvalue weighted by molar-refractivity contribution is 0.0938. The SMILES string of the molecule is Cc1cc(C)cc(C(=O)NC(C)CCc2ccccc2)c1. The Hall–Kier alpha value is -2.09. The van der Waals surface area contributed by atoms with Crippen LogP contribution < -0.4 is 5.32 Å². The van der Waals surface area contributed by atoms with Crippen LogP contribution in [-0.2, 0) is 6.42 Å². The smallest absolute Gasteiger partial charge is 0.251 e. The van der Waals surface area contributed by atoms with E-state index in [9.17, 15) is 4.79 Å². The quantitative estimate of drug-likeness (QED) is 0.880. The zero-order valence-electron chi connectivity index (χ0n) is 13.0. The van der Waals surface area contributed by atoms with Crippen LogP contribution >= 0.6 is 0 Å². The predicted octanol–water partition coefficient (Wildman–Crippen LogP) is 4.05. The fourth-order valence-corrected chi connectivity index (χ4v) is 2.51. The van der Waals surface area contributed by atoms with Crippen molar-refractivity contribution in [2.75, 3.05) is 0 Å². The predicted molar refractivity (Wildman–Crippen MR) is 87.6 cm³/mol. The molecular weight excluding hydrogens is 258 g/mol. The molecule has 0 saturated heterocycles. The molecule has 2 aromatic carbocycles. The topological polar surface area (TPSA) is 29.1 Å². The van der Waals surface area contributed by atoms with Crippen LogP contribution in [0.15, 0.2) is 48.5 Å². The summed E-state index contributed by atoms with van der Waals surface area (Å²) in [5.74, 6) is 0.0161. The highest BCUT2D eigenvalue weighted by Crippen LogP contribution is 2.10. The van der Waals surface area contributed by atoms with Crippen molar-refractivity contribution in [1.82, 2.24) is 5.32 Å². The van der Waals surface area contributed by atoms with E-state index in [1.807, 2.05) is 44.2 Å². The molecular formula is C19H23NO. The van der Waals surface area contributed by atoms with Gasteiger partial charge in [0.1, 0.15) is 0 Å². The van der Waals surface area contributed by atoms with E-state index in [0.29, 0.717) is 0 Å². The van der Waals surface area contributed by atoms with Gasteiger partial charge in [0.25, 0.3) is 5.91 Å². The molecule has 0 aliphatic carbocycles. The van der Waals surface area contributed by atoms with Crippen molar-refractivity contribution in [1.29, 1.82) is 0 Å². The number of benzene rings is 2. The molecule has 110 valence electrons. The maximum Gasteiger partial charge on any atom is 0.251 e. The summed E-state index contributed by atoms with van der Waals surface area (Å²) in [4.78, 5) is 12.3. The summed E-state index contributed by atoms with van der Waals surface area (Å²) in [5.41, 5.74) is 4.30. The van der Waals surface area contributed by atoms with Gasteiger partial charge in [-0.1, -0.05) is 47.5 Å². The summed E-state index contributed by atoms with van der Waals surface area (Å²) in [6.45, 7) is 6.09. The molecule has 2 nitrogen and oxygen atoms in total. The van der Waals surface area contributed by atoms with Crippen LogP contribution in [0.4, 0.5) is 0 Å². The maximum atomic E-state index is 12.3. The van der Waals surface area contributed by atoms with Crippen molar-refractivity contribution in [3.8, 4) is 0 Å². The zero-order chi connectivity index (χ0) is 15.2. The van der Waals surface area contributed by atoms with Gasteiger partial charge in [-0.3, -0.25) is 4.79 Å². The number of amides is 1. The Morgan fingerprint density at radius 3 is 2.29 bits per heavy atom. The minimum Gasteiger partial charge on any atom is -0.350 e. The highest BCUT2D eigenvalue weighted by atomic mass is 16.1. The molecule has 2 heteroatoms. The molecule has 2 rings (SSSR count). The second-order valence-corrected chi connectivity index (χ2v) is 5.78. The van der Waals surface area contributed by atoms with Crippen LogP contribution in [0.3, 0.4) is 0 Å². The standard InChI is InChI=1S/C19H23NO/c1-14-11-15(2)13-18(12-14)19(21)20-16(3)9-10-17-7-5-4-6-8-17/h4-8,11-13,16H,9-10H2,1-3H3,(H,20,21). The summed E-state index contributed by atoms with van der Waals surface area (Å²) in [7, 11) is 0. The molecule has 1 N–H and O–H groups in total. The monoisotopic (exact) mass is 281 g/mol. The average Bonchev–Trinajstić information content (AvgIpc) is 2.45. The van der Waals surface area contributed by atoms with Gasteiger partial charge in [0.2, 0.25) is 0 Å². The van der Waals surface area contributed by atoms with E-state index in [1.165, 1.54) is 5.56 Å². The third-order valence-electron chi connectivity index (χ3n) is 3.57. The van der Waals surface area contributed by atoms with Gasteiger partial charge in [0.05, 0.1) is 0 Å². The minimum atomic E-state index is 0.0161. The van der Waals surface area contributed by atoms with E-state index in [-0.39, 0.29) is 11.9 Å². The number of aryl methyl sites for hydroxylation is 3. The molecule has 0 aliphatic heterocycles. The zero-order valence-corrected chi connectivity index (χ0v) is 13.0. The van der Waals surface area contributed by atoms with Crippen molar-refractivity contribution >= 4 is 5.91 Å². The van der Waals surface area contributed by atoms with Gasteiger partial charge in [-0.05, 0) is 51.3 Å². The van der Waals surface area contributed by atoms with Crippen molar-refractivity contribution < 1.29 is 4.79 Å². The van der Waals surface area contributed by atoms with Crippen molar-refractivity contribution in [3.63, 3.8) is 0 Å². The van der Waals surface area contributed by atoms with Gasteiger partial charge in [-0.25, -0.2) is 0 Å². The molecule has 0 bridgehead atoms. The Labute approximate surface area is 127 Å². The number of carbonyl (C=O) groups excluding carboxylic acids is 1. The van der Waals surface area contributed by atoms with Crippen LogP contribution in [0.2, 0.25) is 0 Å². The number of hydrogen-bond donors (Lipinski definition) is 1. The maximum absolute atomic E-state index is 12.3. The van der Waals surface area contributed by atoms with E-state index in [1.54, 1.807) is 0 Å². The lowest BCUT2D eigenvalue weighted by Crippen LogP contribution is -2.33. The fraction of sp³-hybridized carbons (Fsp3) is 0.316. The average molecular weight is 281 g/mol. The van der Waals surface area contributed by atoms with Gasteiger partial charge in [-0.15, -0.1) is 0 Å². The summed E-state index contributed by atoms with van der Waals surface area (Å²) in [6.07, 6.45) is 1.93. The Balaban J connectivity index is 1.90. The molecule has 0 spiro atoms. The molecule has 2 aromatic rings. The fourth-order valence-electron chi connectivity index (χ4n) is 2.51. The first-order chi connectivity index (χ1) is 10.0. The molecule has 1 atom stereocenters. The van der Waals surface area contributed by atoms with Gasteiger partial charge < -0.3 is 5.32 Å². The molecule has 0 heterocycles. The number of hydrogen-bond acceptors (Lipinski definition) is 1. The van der Waals surface area contributed by atoms with Gasteiger partial charge >= 0.3 is 0 Å². The van der Waals surface area contributed by atoms with Crippen molar-refractivity contribution in [3.05, 3.63) is 70.8 Å². The summed E-state index contributed by atoms with van der Waals surface area (Å²) in [5, 5.41) is 3.08. The van der Waals surface area contributed by atoms with Crippen LogP contribution in [0, 0.1) is 13.8 Å². The molecule has 1 unspecified atom stereocenters. The van der Waals surface area contributed by atoms with Crippen LogP contribution in [0.5, 0.6) is 0 Å². The molecule has 0 fully saturated rings. The van der Waals surface area contributed by atoms with Gasteiger partial charge in [0, 0.05) is 11.6 Å². The van der Waals surface area contributed by atoms with Gasteiger partial charge in [-0.2, -0.15) is 0 Å². The van der Waals surface area contributed by atoms with E-state index in [4.69, 9.17) is 0 Å². The molecule has 0 radical (unpaired) electrons. The van der Waals surface area contributed by atoms with E-state index < -0.39 is 0 Å². The largest absolute Gasteiger partial charge is 0.350 e. The minimum absolute atomic E-state index is 0.0161. The Bertz CT molecular complexity index is 584. The Morgan fingerprint density at radius 2 is 1.67 bits per heavy atom. The van der Waals surface area contributed by atoms with Crippen LogP contribution in [0.1, 0.15) is 40.4 Å². The summed E-state index contributed by atoms with van der Waals surface area (Å²) < 4.78 is 0. The summed E-state index contributed by atoms with van der Waals surface area (Å²) >= 11 is 0. The molecule has 0 saturated carbocycles. The molecule has 0 aromatic heterocycles. The van der Waals surface area contributed by atoms with E-state index in [2.05, 4.69) is 30.4 Å². The first-order valence-electron chi connectivity index (χ1n) is 7.47. The molecule has 21 heavy (non-hydrogen) atoms. The number of nitrogens with one attached hydrogen (secondary N) is 1. The number of carbonyl (C=O) groups is 1. The van der Waals surface area contributed by atoms with Crippen molar-refractivity contribution in [2.24, 2.45) is 0 Å². The first kappa shape index (κ1) is 15.3. The van der Waals surface area contributed by atoms with Crippen LogP contribution in [0.25, 0.3) is 0 Å². The molecule has 0 aliphatic rings. The van der Waals surface area contributed by atoms with E-state index in [0.717, 1.165) is 29.5 Å². The van der Waals surface area contributed by atoms with E-state index >= 15 is 0 Å². The lowest BCUT2D eigenvalue weighted by atomic mass is 10.0. The Morgan fingerprint density at radius 1 is 1.05 bits per heavy atom. The third-order valence-corrected chi connectivity index (χ3v) is 3.57. The summed E-state index contributed by atoms with van der Waals surface area (Å²) in [6, 6.07) is 16.5. The third kappa shape index (κ3) is 4.75. The highest BCUT2D eigenvalue weighted by molar-refractivity contribution is 5.94. The first-order valence-corrected chi connectivity index (χ1v) is 7.47. The number of rotatable bonds is 5. The normalized spacial score (nSPS) is 12.0. The lowest BCUT2D eigenvalue weighted by Gasteiger charge is -2.14. The van der Waals surface area contributed by atoms with Crippen molar-refractivity contribution in [2.45, 2.75) is 39.7 Å².